The molecule has 0 spiro atoms. The van der Waals surface area contributed by atoms with Gasteiger partial charge < -0.3 is 5.11 Å². The van der Waals surface area contributed by atoms with Crippen molar-refractivity contribution in [2.24, 2.45) is 7.05 Å². The molecule has 6 nitrogen and oxygen atoms in total. The summed E-state index contributed by atoms with van der Waals surface area (Å²) in [4.78, 5) is 16.5. The zero-order valence-corrected chi connectivity index (χ0v) is 10.6. The lowest BCUT2D eigenvalue weighted by atomic mass is 10.3. The quantitative estimate of drug-likeness (QED) is 0.764. The van der Waals surface area contributed by atoms with Crippen LogP contribution >= 0.6 is 11.3 Å². The van der Waals surface area contributed by atoms with Crippen molar-refractivity contribution < 1.29 is 9.90 Å². The lowest BCUT2D eigenvalue weighted by Gasteiger charge is -1.96. The van der Waals surface area contributed by atoms with Crippen molar-refractivity contribution in [3.05, 3.63) is 29.0 Å². The fourth-order valence-corrected chi connectivity index (χ4v) is 2.85. The third-order valence-electron chi connectivity index (χ3n) is 2.83. The van der Waals surface area contributed by atoms with Crippen LogP contribution in [0.15, 0.2) is 18.5 Å². The molecule has 3 rings (SSSR count). The second-order valence-electron chi connectivity index (χ2n) is 3.94. The fraction of sp³-hybridized carbons (Fsp3) is 0.182. The number of carbonyl (C=O) groups is 1. The van der Waals surface area contributed by atoms with E-state index >= 15 is 0 Å². The molecule has 0 bridgehead atoms. The van der Waals surface area contributed by atoms with Crippen molar-refractivity contribution in [3.8, 4) is 11.4 Å². The number of rotatable bonds is 2. The normalized spacial score (nSPS) is 11.2. The Balaban J connectivity index is 2.19. The largest absolute Gasteiger partial charge is 0.477 e. The van der Waals surface area contributed by atoms with Gasteiger partial charge in [-0.2, -0.15) is 5.10 Å². The number of imidazole rings is 1. The number of carboxylic acid groups (broad SMARTS) is 1. The molecule has 0 aliphatic heterocycles. The third-order valence-corrected chi connectivity index (χ3v) is 3.98. The molecule has 92 valence electrons. The number of aromatic carboxylic acids is 1. The Bertz CT molecular complexity index is 752. The highest BCUT2D eigenvalue weighted by Crippen LogP contribution is 2.26. The summed E-state index contributed by atoms with van der Waals surface area (Å²) in [6.07, 6.45) is 3.54. The second kappa shape index (κ2) is 3.67. The molecule has 7 heteroatoms. The Hall–Kier alpha value is -2.15. The van der Waals surface area contributed by atoms with Crippen molar-refractivity contribution in [3.63, 3.8) is 0 Å². The summed E-state index contributed by atoms with van der Waals surface area (Å²) in [7, 11) is 1.85. The van der Waals surface area contributed by atoms with Crippen LogP contribution in [-0.4, -0.2) is 30.2 Å². The molecule has 0 amide bonds. The van der Waals surface area contributed by atoms with Crippen LogP contribution in [-0.2, 0) is 7.05 Å². The summed E-state index contributed by atoms with van der Waals surface area (Å²) < 4.78 is 3.54. The zero-order valence-electron chi connectivity index (χ0n) is 9.78. The highest BCUT2D eigenvalue weighted by molar-refractivity contribution is 7.19. The lowest BCUT2D eigenvalue weighted by Crippen LogP contribution is -1.96. The van der Waals surface area contributed by atoms with E-state index in [9.17, 15) is 4.79 Å². The van der Waals surface area contributed by atoms with Gasteiger partial charge in [0.15, 0.2) is 4.96 Å². The number of fused-ring (bicyclic) bond motifs is 1. The van der Waals surface area contributed by atoms with Gasteiger partial charge in [-0.15, -0.1) is 0 Å². The van der Waals surface area contributed by atoms with Crippen LogP contribution in [0.3, 0.4) is 0 Å². The molecule has 0 aromatic carbocycles. The van der Waals surface area contributed by atoms with E-state index in [-0.39, 0.29) is 0 Å². The number of hydrogen-bond acceptors (Lipinski definition) is 4. The summed E-state index contributed by atoms with van der Waals surface area (Å²) in [6, 6.07) is 1.87. The molecule has 0 radical (unpaired) electrons. The Morgan fingerprint density at radius 1 is 1.50 bits per heavy atom. The fourth-order valence-electron chi connectivity index (χ4n) is 1.90. The van der Waals surface area contributed by atoms with Crippen molar-refractivity contribution in [1.29, 1.82) is 0 Å². The summed E-state index contributed by atoms with van der Waals surface area (Å²) >= 11 is 1.18. The van der Waals surface area contributed by atoms with E-state index in [4.69, 9.17) is 5.11 Å². The third kappa shape index (κ3) is 1.44. The number of aromatic nitrogens is 4. The van der Waals surface area contributed by atoms with Gasteiger partial charge in [0.25, 0.3) is 0 Å². The van der Waals surface area contributed by atoms with E-state index in [0.29, 0.717) is 15.5 Å². The van der Waals surface area contributed by atoms with Crippen LogP contribution < -0.4 is 0 Å². The molecule has 0 aliphatic rings. The Morgan fingerprint density at radius 2 is 2.28 bits per heavy atom. The zero-order chi connectivity index (χ0) is 12.9. The molecule has 0 fully saturated rings. The maximum atomic E-state index is 11.0. The van der Waals surface area contributed by atoms with Crippen LogP contribution in [0.25, 0.3) is 16.3 Å². The van der Waals surface area contributed by atoms with Crippen LogP contribution in [0.5, 0.6) is 0 Å². The van der Waals surface area contributed by atoms with E-state index in [1.54, 1.807) is 22.2 Å². The van der Waals surface area contributed by atoms with E-state index in [1.807, 2.05) is 19.3 Å². The predicted molar refractivity (Wildman–Crippen MR) is 67.0 cm³/mol. The number of carboxylic acids is 1. The van der Waals surface area contributed by atoms with Crippen LogP contribution in [0.4, 0.5) is 0 Å². The monoisotopic (exact) mass is 262 g/mol. The minimum Gasteiger partial charge on any atom is -0.477 e. The summed E-state index contributed by atoms with van der Waals surface area (Å²) in [5, 5.41) is 13.1. The molecule has 3 heterocycles. The van der Waals surface area contributed by atoms with Crippen molar-refractivity contribution in [2.45, 2.75) is 6.92 Å². The molecule has 18 heavy (non-hydrogen) atoms. The number of hydrogen-bond donors (Lipinski definition) is 1. The highest BCUT2D eigenvalue weighted by Gasteiger charge is 2.17. The molecular formula is C11H10N4O2S. The molecule has 1 N–H and O–H groups in total. The SMILES string of the molecule is Cc1c(C(=O)O)sc2nc(-c3ccnn3C)cn12. The summed E-state index contributed by atoms with van der Waals surface area (Å²) in [6.45, 7) is 1.78. The standard InChI is InChI=1S/C11H10N4O2S/c1-6-9(10(16)17)18-11-13-7(5-15(6)11)8-3-4-12-14(8)2/h3-5H,1-2H3,(H,16,17). The summed E-state index contributed by atoms with van der Waals surface area (Å²) in [5.41, 5.74) is 2.40. The minimum atomic E-state index is -0.912. The van der Waals surface area contributed by atoms with Crippen molar-refractivity contribution in [2.75, 3.05) is 0 Å². The molecular weight excluding hydrogens is 252 g/mol. The highest BCUT2D eigenvalue weighted by atomic mass is 32.1. The molecule has 0 saturated heterocycles. The van der Waals surface area contributed by atoms with Gasteiger partial charge in [0, 0.05) is 25.1 Å². The van der Waals surface area contributed by atoms with Gasteiger partial charge in [-0.25, -0.2) is 9.78 Å². The smallest absolute Gasteiger partial charge is 0.347 e. The van der Waals surface area contributed by atoms with Gasteiger partial charge in [0.05, 0.1) is 5.69 Å². The average molecular weight is 262 g/mol. The first-order chi connectivity index (χ1) is 8.58. The van der Waals surface area contributed by atoms with E-state index in [0.717, 1.165) is 11.4 Å². The van der Waals surface area contributed by atoms with E-state index in [1.165, 1.54) is 11.3 Å². The van der Waals surface area contributed by atoms with Crippen LogP contribution in [0.1, 0.15) is 15.4 Å². The van der Waals surface area contributed by atoms with Gasteiger partial charge in [0.1, 0.15) is 10.6 Å². The maximum Gasteiger partial charge on any atom is 0.347 e. The van der Waals surface area contributed by atoms with E-state index in [2.05, 4.69) is 10.1 Å². The Labute approximate surface area is 106 Å². The number of aryl methyl sites for hydroxylation is 2. The molecule has 0 unspecified atom stereocenters. The van der Waals surface area contributed by atoms with Crippen molar-refractivity contribution in [1.82, 2.24) is 19.2 Å². The first kappa shape index (κ1) is 11.0. The van der Waals surface area contributed by atoms with Crippen LogP contribution in [0, 0.1) is 6.92 Å². The van der Waals surface area contributed by atoms with E-state index < -0.39 is 5.97 Å². The van der Waals surface area contributed by atoms with Gasteiger partial charge in [-0.3, -0.25) is 9.08 Å². The first-order valence-electron chi connectivity index (χ1n) is 5.28. The molecule has 3 aromatic rings. The first-order valence-corrected chi connectivity index (χ1v) is 6.09. The van der Waals surface area contributed by atoms with Gasteiger partial charge >= 0.3 is 5.97 Å². The number of thiazole rings is 1. The van der Waals surface area contributed by atoms with Gasteiger partial charge in [0.2, 0.25) is 0 Å². The maximum absolute atomic E-state index is 11.0. The average Bonchev–Trinajstić information content (AvgIpc) is 2.95. The Kier molecular flexibility index (Phi) is 2.24. The second-order valence-corrected chi connectivity index (χ2v) is 4.92. The molecule has 0 aliphatic carbocycles. The van der Waals surface area contributed by atoms with Gasteiger partial charge in [-0.1, -0.05) is 11.3 Å². The van der Waals surface area contributed by atoms with Crippen LogP contribution in [0.2, 0.25) is 0 Å². The lowest BCUT2D eigenvalue weighted by molar-refractivity contribution is 0.0701. The molecule has 3 aromatic heterocycles. The minimum absolute atomic E-state index is 0.328. The van der Waals surface area contributed by atoms with Crippen molar-refractivity contribution >= 4 is 22.3 Å². The topological polar surface area (TPSA) is 72.4 Å². The predicted octanol–water partition coefficient (Wildman–Crippen LogP) is 1.80. The molecule has 0 saturated carbocycles. The Morgan fingerprint density at radius 3 is 2.83 bits per heavy atom. The molecule has 0 atom stereocenters. The number of nitrogens with zero attached hydrogens (tertiary/aromatic N) is 4. The summed E-state index contributed by atoms with van der Waals surface area (Å²) in [5.74, 6) is -0.912. The van der Waals surface area contributed by atoms with Gasteiger partial charge in [-0.05, 0) is 13.0 Å².